The van der Waals surface area contributed by atoms with Gasteiger partial charge in [-0.25, -0.2) is 9.98 Å². The molecule has 0 N–H and O–H groups in total. The van der Waals surface area contributed by atoms with Crippen molar-refractivity contribution in [2.75, 3.05) is 0 Å². The van der Waals surface area contributed by atoms with E-state index in [0.717, 1.165) is 4.47 Å². The van der Waals surface area contributed by atoms with Crippen molar-refractivity contribution >= 4 is 73.2 Å². The number of benzene rings is 1. The van der Waals surface area contributed by atoms with Crippen LogP contribution in [0.15, 0.2) is 39.9 Å². The van der Waals surface area contributed by atoms with Crippen LogP contribution in [0.25, 0.3) is 0 Å². The fourth-order valence-electron chi connectivity index (χ4n) is 1.31. The Morgan fingerprint density at radius 1 is 1.21 bits per heavy atom. The summed E-state index contributed by atoms with van der Waals surface area (Å²) < 4.78 is 0.748. The van der Waals surface area contributed by atoms with Crippen molar-refractivity contribution in [1.82, 2.24) is 4.98 Å². The lowest BCUT2D eigenvalue weighted by Crippen LogP contribution is -1.94. The summed E-state index contributed by atoms with van der Waals surface area (Å²) in [6.45, 7) is 0. The van der Waals surface area contributed by atoms with Crippen LogP contribution >= 0.6 is 62.3 Å². The van der Waals surface area contributed by atoms with E-state index in [-0.39, 0.29) is 10.3 Å². The quantitative estimate of drug-likeness (QED) is 0.441. The fourth-order valence-corrected chi connectivity index (χ4v) is 2.46. The topological polar surface area (TPSA) is 25.2 Å². The van der Waals surface area contributed by atoms with E-state index < -0.39 is 0 Å². The van der Waals surface area contributed by atoms with Crippen molar-refractivity contribution in [3.8, 4) is 0 Å². The van der Waals surface area contributed by atoms with Gasteiger partial charge in [-0.3, -0.25) is 0 Å². The average molecular weight is 399 g/mol. The second-order valence-corrected chi connectivity index (χ2v) is 5.88. The zero-order chi connectivity index (χ0) is 14.0. The lowest BCUT2D eigenvalue weighted by atomic mass is 10.3. The predicted octanol–water partition coefficient (Wildman–Crippen LogP) is 6.12. The number of aromatic nitrogens is 1. The maximum absolute atomic E-state index is 6.15. The fraction of sp³-hybridized carbons (Fsp3) is 0. The zero-order valence-electron chi connectivity index (χ0n) is 9.17. The molecule has 0 aliphatic carbocycles. The van der Waals surface area contributed by atoms with Crippen LogP contribution in [-0.2, 0) is 0 Å². The summed E-state index contributed by atoms with van der Waals surface area (Å²) >= 11 is 27.4. The molecule has 1 aromatic heterocycles. The van der Waals surface area contributed by atoms with E-state index in [9.17, 15) is 0 Å². The van der Waals surface area contributed by atoms with Gasteiger partial charge in [0.25, 0.3) is 0 Å². The molecule has 0 aliphatic heterocycles. The number of pyridine rings is 1. The van der Waals surface area contributed by atoms with Crippen LogP contribution in [0.4, 0.5) is 5.69 Å². The van der Waals surface area contributed by atoms with Crippen LogP contribution in [0, 0.1) is 0 Å². The first-order chi connectivity index (χ1) is 8.99. The lowest BCUT2D eigenvalue weighted by Gasteiger charge is -2.04. The molecule has 0 saturated heterocycles. The van der Waals surface area contributed by atoms with Gasteiger partial charge in [-0.15, -0.1) is 0 Å². The third-order valence-electron chi connectivity index (χ3n) is 2.18. The molecule has 98 valence electrons. The van der Waals surface area contributed by atoms with Crippen LogP contribution in [0.5, 0.6) is 0 Å². The molecule has 0 atom stereocenters. The van der Waals surface area contributed by atoms with Crippen molar-refractivity contribution < 1.29 is 0 Å². The minimum absolute atomic E-state index is 0.183. The van der Waals surface area contributed by atoms with Gasteiger partial charge < -0.3 is 0 Å². The Bertz CT molecular complexity index is 658. The van der Waals surface area contributed by atoms with Gasteiger partial charge in [0.05, 0.1) is 21.3 Å². The smallest absolute Gasteiger partial charge is 0.140 e. The van der Waals surface area contributed by atoms with Gasteiger partial charge in [0.1, 0.15) is 10.3 Å². The summed E-state index contributed by atoms with van der Waals surface area (Å²) in [5, 5.41) is 1.19. The predicted molar refractivity (Wildman–Crippen MR) is 85.5 cm³/mol. The normalized spacial score (nSPS) is 11.7. The first-order valence-electron chi connectivity index (χ1n) is 4.98. The highest BCUT2D eigenvalue weighted by Gasteiger charge is 2.10. The van der Waals surface area contributed by atoms with E-state index >= 15 is 0 Å². The molecule has 0 aliphatic rings. The highest BCUT2D eigenvalue weighted by Crippen LogP contribution is 2.33. The van der Waals surface area contributed by atoms with Gasteiger partial charge >= 0.3 is 0 Å². The van der Waals surface area contributed by atoms with Crippen LogP contribution in [0.1, 0.15) is 5.56 Å². The molecular formula is C12H5BrCl4N2. The first kappa shape index (κ1) is 15.1. The zero-order valence-corrected chi connectivity index (χ0v) is 13.8. The molecule has 0 unspecified atom stereocenters. The van der Waals surface area contributed by atoms with E-state index in [0.29, 0.717) is 21.3 Å². The largest absolute Gasteiger partial charge is 0.243 e. The molecule has 1 heterocycles. The molecule has 0 amide bonds. The van der Waals surface area contributed by atoms with Crippen molar-refractivity contribution in [3.05, 3.63) is 55.7 Å². The third kappa shape index (κ3) is 3.61. The second-order valence-electron chi connectivity index (χ2n) is 3.47. The van der Waals surface area contributed by atoms with Crippen LogP contribution < -0.4 is 0 Å². The van der Waals surface area contributed by atoms with E-state index in [1.54, 1.807) is 30.5 Å². The highest BCUT2D eigenvalue weighted by atomic mass is 79.9. The molecule has 0 saturated carbocycles. The summed E-state index contributed by atoms with van der Waals surface area (Å²) in [7, 11) is 0. The molecule has 2 aromatic rings. The molecular weight excluding hydrogens is 394 g/mol. The summed E-state index contributed by atoms with van der Waals surface area (Å²) in [6.07, 6.45) is 1.57. The number of rotatable bonds is 2. The maximum Gasteiger partial charge on any atom is 0.140 e. The Kier molecular flexibility index (Phi) is 5.09. The minimum Gasteiger partial charge on any atom is -0.243 e. The molecule has 19 heavy (non-hydrogen) atoms. The van der Waals surface area contributed by atoms with E-state index in [1.807, 2.05) is 0 Å². The number of halogens is 5. The number of hydrogen-bond donors (Lipinski definition) is 0. The molecule has 0 bridgehead atoms. The number of nitrogens with zero attached hydrogens (tertiary/aromatic N) is 2. The Morgan fingerprint density at radius 3 is 2.68 bits per heavy atom. The third-order valence-corrected chi connectivity index (χ3v) is 4.01. The maximum atomic E-state index is 6.15. The van der Waals surface area contributed by atoms with Crippen LogP contribution in [-0.4, -0.2) is 10.2 Å². The van der Waals surface area contributed by atoms with Crippen LogP contribution in [0.3, 0.4) is 0 Å². The molecule has 0 spiro atoms. The monoisotopic (exact) mass is 396 g/mol. The van der Waals surface area contributed by atoms with Crippen molar-refractivity contribution in [1.29, 1.82) is 0 Å². The van der Waals surface area contributed by atoms with E-state index in [1.165, 1.54) is 0 Å². The van der Waals surface area contributed by atoms with Gasteiger partial charge in [-0.05, 0) is 34.1 Å². The first-order valence-corrected chi connectivity index (χ1v) is 7.29. The molecule has 1 aromatic carbocycles. The Hall–Kier alpha value is -0.320. The van der Waals surface area contributed by atoms with Gasteiger partial charge in [0.15, 0.2) is 0 Å². The summed E-state index contributed by atoms with van der Waals surface area (Å²) in [6, 6.07) is 6.83. The Labute approximate surface area is 138 Å². The molecule has 0 radical (unpaired) electrons. The van der Waals surface area contributed by atoms with Gasteiger partial charge in [0.2, 0.25) is 0 Å². The molecule has 2 rings (SSSR count). The Morgan fingerprint density at radius 2 is 1.95 bits per heavy atom. The number of aliphatic imine (C=N–C) groups is 1. The van der Waals surface area contributed by atoms with Gasteiger partial charge in [-0.2, -0.15) is 0 Å². The molecule has 0 fully saturated rings. The second kappa shape index (κ2) is 6.42. The Balaban J connectivity index is 2.48. The van der Waals surface area contributed by atoms with Crippen LogP contribution in [0.2, 0.25) is 15.2 Å². The summed E-state index contributed by atoms with van der Waals surface area (Å²) in [5.41, 5.74) is 0.976. The van der Waals surface area contributed by atoms with Gasteiger partial charge in [0, 0.05) is 10.7 Å². The minimum atomic E-state index is 0.183. The summed E-state index contributed by atoms with van der Waals surface area (Å²) in [5.74, 6) is 0. The number of hydrogen-bond acceptors (Lipinski definition) is 2. The lowest BCUT2D eigenvalue weighted by molar-refractivity contribution is 1.30. The highest BCUT2D eigenvalue weighted by molar-refractivity contribution is 9.10. The van der Waals surface area contributed by atoms with E-state index in [2.05, 4.69) is 25.9 Å². The molecule has 7 heteroatoms. The van der Waals surface area contributed by atoms with Gasteiger partial charge in [-0.1, -0.05) is 52.5 Å². The van der Waals surface area contributed by atoms with E-state index in [4.69, 9.17) is 46.4 Å². The SMILES string of the molecule is Cl/C(=N/c1cccc(Cl)c1Cl)c1cc(Br)cnc1Cl. The average Bonchev–Trinajstić information content (AvgIpc) is 2.38. The standard InChI is InChI=1S/C12H5BrCl4N2/c13-6-4-7(11(16)18-5-6)12(17)19-9-3-1-2-8(14)10(9)15/h1-5H/b19-12+. The van der Waals surface area contributed by atoms with Crippen molar-refractivity contribution in [2.45, 2.75) is 0 Å². The van der Waals surface area contributed by atoms with Crippen molar-refractivity contribution in [3.63, 3.8) is 0 Å². The summed E-state index contributed by atoms with van der Waals surface area (Å²) in [4.78, 5) is 8.19. The molecule has 2 nitrogen and oxygen atoms in total. The van der Waals surface area contributed by atoms with Crippen molar-refractivity contribution in [2.24, 2.45) is 4.99 Å².